The molecule has 5 heteroatoms. The first-order valence-electron chi connectivity index (χ1n) is 8.84. The Bertz CT molecular complexity index is 980. The van der Waals surface area contributed by atoms with Crippen LogP contribution < -0.4 is 14.8 Å². The second-order valence-electron chi connectivity index (χ2n) is 6.24. The van der Waals surface area contributed by atoms with Crippen LogP contribution in [0.4, 0.5) is 5.69 Å². The van der Waals surface area contributed by atoms with Crippen LogP contribution in [0.2, 0.25) is 0 Å². The van der Waals surface area contributed by atoms with Gasteiger partial charge < -0.3 is 14.8 Å². The molecule has 0 aliphatic rings. The number of carbonyl (C=O) groups excluding carboxylic acids is 2. The lowest BCUT2D eigenvalue weighted by atomic mass is 10.1. The SMILES string of the molecule is COc1ccc(C(=O)COc2cccc(NC(=O)c3ccccc3C)c2)cc1. The van der Waals surface area contributed by atoms with Crippen LogP contribution in [0.5, 0.6) is 11.5 Å². The Labute approximate surface area is 163 Å². The minimum absolute atomic E-state index is 0.0957. The predicted octanol–water partition coefficient (Wildman–Crippen LogP) is 4.52. The van der Waals surface area contributed by atoms with Crippen LogP contribution in [0.15, 0.2) is 72.8 Å². The summed E-state index contributed by atoms with van der Waals surface area (Å²) in [4.78, 5) is 24.7. The third-order valence-corrected chi connectivity index (χ3v) is 4.26. The highest BCUT2D eigenvalue weighted by Gasteiger charge is 2.10. The van der Waals surface area contributed by atoms with Crippen LogP contribution in [-0.2, 0) is 0 Å². The van der Waals surface area contributed by atoms with E-state index in [0.717, 1.165) is 5.56 Å². The highest BCUT2D eigenvalue weighted by molar-refractivity contribution is 6.05. The summed E-state index contributed by atoms with van der Waals surface area (Å²) in [7, 11) is 1.57. The topological polar surface area (TPSA) is 64.6 Å². The lowest BCUT2D eigenvalue weighted by Gasteiger charge is -2.10. The number of rotatable bonds is 7. The standard InChI is InChI=1S/C23H21NO4/c1-16-6-3-4-9-21(16)23(26)24-18-7-5-8-20(14-18)28-15-22(25)17-10-12-19(27-2)13-11-17/h3-14H,15H2,1-2H3,(H,24,26). The van der Waals surface area contributed by atoms with Crippen LogP contribution in [0.3, 0.4) is 0 Å². The number of carbonyl (C=O) groups is 2. The molecule has 0 fully saturated rings. The van der Waals surface area contributed by atoms with Gasteiger partial charge in [0.1, 0.15) is 11.5 Å². The molecule has 0 saturated carbocycles. The minimum atomic E-state index is -0.190. The molecule has 0 aromatic heterocycles. The monoisotopic (exact) mass is 375 g/mol. The van der Waals surface area contributed by atoms with Crippen molar-refractivity contribution in [3.8, 4) is 11.5 Å². The molecule has 28 heavy (non-hydrogen) atoms. The molecule has 3 aromatic rings. The van der Waals surface area contributed by atoms with Crippen molar-refractivity contribution in [2.45, 2.75) is 6.92 Å². The lowest BCUT2D eigenvalue weighted by molar-refractivity contribution is 0.0920. The zero-order valence-electron chi connectivity index (χ0n) is 15.8. The Kier molecular flexibility index (Phi) is 6.07. The summed E-state index contributed by atoms with van der Waals surface area (Å²) in [6.45, 7) is 1.79. The highest BCUT2D eigenvalue weighted by atomic mass is 16.5. The molecule has 0 unspecified atom stereocenters. The number of ketones is 1. The number of amides is 1. The minimum Gasteiger partial charge on any atom is -0.497 e. The van der Waals surface area contributed by atoms with Crippen molar-refractivity contribution in [2.75, 3.05) is 19.0 Å². The average Bonchev–Trinajstić information content (AvgIpc) is 2.72. The first-order valence-corrected chi connectivity index (χ1v) is 8.84. The van der Waals surface area contributed by atoms with Crippen LogP contribution in [0.1, 0.15) is 26.3 Å². The van der Waals surface area contributed by atoms with Gasteiger partial charge in [-0.3, -0.25) is 9.59 Å². The summed E-state index contributed by atoms with van der Waals surface area (Å²) in [5.74, 6) is 0.862. The van der Waals surface area contributed by atoms with Crippen molar-refractivity contribution in [3.05, 3.63) is 89.5 Å². The molecule has 5 nitrogen and oxygen atoms in total. The van der Waals surface area contributed by atoms with E-state index >= 15 is 0 Å². The largest absolute Gasteiger partial charge is 0.497 e. The molecule has 3 rings (SSSR count). The second kappa shape index (κ2) is 8.86. The van der Waals surface area contributed by atoms with Gasteiger partial charge in [0.25, 0.3) is 5.91 Å². The summed E-state index contributed by atoms with van der Waals surface area (Å²) in [5.41, 5.74) is 2.66. The Balaban J connectivity index is 1.62. The van der Waals surface area contributed by atoms with Crippen molar-refractivity contribution in [3.63, 3.8) is 0 Å². The molecule has 0 aliphatic heterocycles. The van der Waals surface area contributed by atoms with Crippen LogP contribution in [-0.4, -0.2) is 25.4 Å². The van der Waals surface area contributed by atoms with E-state index in [-0.39, 0.29) is 18.3 Å². The van der Waals surface area contributed by atoms with Gasteiger partial charge in [-0.1, -0.05) is 24.3 Å². The Morgan fingerprint density at radius 1 is 0.893 bits per heavy atom. The fourth-order valence-corrected chi connectivity index (χ4v) is 2.70. The number of ether oxygens (including phenoxy) is 2. The average molecular weight is 375 g/mol. The van der Waals surface area contributed by atoms with Gasteiger partial charge >= 0.3 is 0 Å². The van der Waals surface area contributed by atoms with Gasteiger partial charge in [0, 0.05) is 22.9 Å². The van der Waals surface area contributed by atoms with Gasteiger partial charge in [0.15, 0.2) is 12.4 Å². The molecule has 0 spiro atoms. The van der Waals surface area contributed by atoms with Crippen LogP contribution >= 0.6 is 0 Å². The molecule has 1 N–H and O–H groups in total. The number of aryl methyl sites for hydroxylation is 1. The molecule has 142 valence electrons. The Hall–Kier alpha value is -3.60. The molecular formula is C23H21NO4. The van der Waals surface area contributed by atoms with E-state index in [1.54, 1.807) is 61.7 Å². The number of hydrogen-bond acceptors (Lipinski definition) is 4. The van der Waals surface area contributed by atoms with Crippen molar-refractivity contribution < 1.29 is 19.1 Å². The van der Waals surface area contributed by atoms with Gasteiger partial charge in [-0.25, -0.2) is 0 Å². The highest BCUT2D eigenvalue weighted by Crippen LogP contribution is 2.19. The van der Waals surface area contributed by atoms with E-state index in [0.29, 0.717) is 28.3 Å². The third kappa shape index (κ3) is 4.76. The molecule has 0 bridgehead atoms. The van der Waals surface area contributed by atoms with E-state index in [4.69, 9.17) is 9.47 Å². The molecule has 0 heterocycles. The molecule has 1 amide bonds. The fourth-order valence-electron chi connectivity index (χ4n) is 2.70. The zero-order chi connectivity index (χ0) is 19.9. The maximum atomic E-state index is 12.4. The van der Waals surface area contributed by atoms with Crippen molar-refractivity contribution in [1.82, 2.24) is 0 Å². The second-order valence-corrected chi connectivity index (χ2v) is 6.24. The third-order valence-electron chi connectivity index (χ3n) is 4.26. The normalized spacial score (nSPS) is 10.2. The summed E-state index contributed by atoms with van der Waals surface area (Å²) in [5, 5.41) is 2.85. The van der Waals surface area contributed by atoms with E-state index in [1.165, 1.54) is 0 Å². The number of methoxy groups -OCH3 is 1. The predicted molar refractivity (Wildman–Crippen MR) is 108 cm³/mol. The number of Topliss-reactive ketones (excluding diaryl/α,β-unsaturated/α-hetero) is 1. The summed E-state index contributed by atoms with van der Waals surface area (Å²) in [6, 6.07) is 21.2. The molecule has 0 atom stereocenters. The molecular weight excluding hydrogens is 354 g/mol. The number of hydrogen-bond donors (Lipinski definition) is 1. The smallest absolute Gasteiger partial charge is 0.255 e. The number of benzene rings is 3. The van der Waals surface area contributed by atoms with E-state index in [2.05, 4.69) is 5.32 Å². The van der Waals surface area contributed by atoms with Crippen molar-refractivity contribution in [1.29, 1.82) is 0 Å². The first kappa shape index (κ1) is 19.2. The van der Waals surface area contributed by atoms with Crippen molar-refractivity contribution in [2.24, 2.45) is 0 Å². The molecule has 0 saturated heterocycles. The van der Waals surface area contributed by atoms with E-state index in [9.17, 15) is 9.59 Å². The number of anilines is 1. The summed E-state index contributed by atoms with van der Waals surface area (Å²) >= 11 is 0. The fraction of sp³-hybridized carbons (Fsp3) is 0.130. The molecule has 0 aliphatic carbocycles. The lowest BCUT2D eigenvalue weighted by Crippen LogP contribution is -2.14. The van der Waals surface area contributed by atoms with Crippen LogP contribution in [0, 0.1) is 6.92 Å². The van der Waals surface area contributed by atoms with Gasteiger partial charge in [-0.2, -0.15) is 0 Å². The summed E-state index contributed by atoms with van der Waals surface area (Å²) in [6.07, 6.45) is 0. The molecule has 3 aromatic carbocycles. The van der Waals surface area contributed by atoms with Gasteiger partial charge in [-0.15, -0.1) is 0 Å². The quantitative estimate of drug-likeness (QED) is 0.617. The zero-order valence-corrected chi connectivity index (χ0v) is 15.8. The van der Waals surface area contributed by atoms with E-state index < -0.39 is 0 Å². The maximum Gasteiger partial charge on any atom is 0.255 e. The van der Waals surface area contributed by atoms with Gasteiger partial charge in [0.2, 0.25) is 0 Å². The van der Waals surface area contributed by atoms with Gasteiger partial charge in [-0.05, 0) is 55.0 Å². The first-order chi connectivity index (χ1) is 13.6. The Morgan fingerprint density at radius 3 is 2.36 bits per heavy atom. The van der Waals surface area contributed by atoms with Crippen molar-refractivity contribution >= 4 is 17.4 Å². The Morgan fingerprint density at radius 2 is 1.64 bits per heavy atom. The molecule has 0 radical (unpaired) electrons. The number of nitrogens with one attached hydrogen (secondary N) is 1. The van der Waals surface area contributed by atoms with Gasteiger partial charge in [0.05, 0.1) is 7.11 Å². The maximum absolute atomic E-state index is 12.4. The van der Waals surface area contributed by atoms with Crippen LogP contribution in [0.25, 0.3) is 0 Å². The van der Waals surface area contributed by atoms with E-state index in [1.807, 2.05) is 25.1 Å². The summed E-state index contributed by atoms with van der Waals surface area (Å²) < 4.78 is 10.7.